The number of carbonyl (C=O) groups excluding carboxylic acids is 6. The maximum atomic E-state index is 13.4. The number of ether oxygens (including phenoxy) is 3. The minimum absolute atomic E-state index is 0.0123. The molecule has 296 valence electrons. The average Bonchev–Trinajstić information content (AvgIpc) is 3.19. The number of urea groups is 1. The normalized spacial score (nSPS) is 14.2. The van der Waals surface area contributed by atoms with Crippen LogP contribution >= 0.6 is 0 Å². The van der Waals surface area contributed by atoms with Gasteiger partial charge in [0.25, 0.3) is 5.91 Å². The Balaban J connectivity index is 1.42. The number of nitrogens with one attached hydrogen (secondary N) is 4. The molecule has 1 aliphatic rings. The molecule has 7 amide bonds. The van der Waals surface area contributed by atoms with Gasteiger partial charge in [-0.15, -0.1) is 0 Å². The highest BCUT2D eigenvalue weighted by atomic mass is 16.6. The van der Waals surface area contributed by atoms with Crippen LogP contribution < -0.4 is 27.0 Å². The lowest BCUT2D eigenvalue weighted by molar-refractivity contribution is -0.138. The van der Waals surface area contributed by atoms with Gasteiger partial charge in [-0.05, 0) is 29.5 Å². The van der Waals surface area contributed by atoms with E-state index in [2.05, 4.69) is 31.3 Å². The Labute approximate surface area is 323 Å². The zero-order chi connectivity index (χ0) is 40.3. The molecular formula is C38H45N9O9. The fourth-order valence-corrected chi connectivity index (χ4v) is 5.18. The van der Waals surface area contributed by atoms with E-state index in [1.165, 1.54) is 19.0 Å². The van der Waals surface area contributed by atoms with E-state index in [0.717, 1.165) is 21.6 Å². The number of rotatable bonds is 14. The lowest BCUT2D eigenvalue weighted by Crippen LogP contribution is -2.58. The van der Waals surface area contributed by atoms with Crippen LogP contribution in [0.4, 0.5) is 19.2 Å². The molecule has 3 aromatic rings. The van der Waals surface area contributed by atoms with Gasteiger partial charge in [0.2, 0.25) is 17.8 Å². The molecule has 0 spiro atoms. The maximum Gasteiger partial charge on any atom is 0.416 e. The molecule has 0 aromatic heterocycles. The Bertz CT molecular complexity index is 1860. The summed E-state index contributed by atoms with van der Waals surface area (Å²) in [5.74, 6) is -1.37. The molecule has 18 nitrogen and oxygen atoms in total. The molecule has 18 heteroatoms. The van der Waals surface area contributed by atoms with E-state index in [1.807, 2.05) is 30.3 Å². The van der Waals surface area contributed by atoms with Gasteiger partial charge in [-0.1, -0.05) is 91.0 Å². The van der Waals surface area contributed by atoms with E-state index in [-0.39, 0.29) is 64.1 Å². The monoisotopic (exact) mass is 771 g/mol. The van der Waals surface area contributed by atoms with Crippen LogP contribution in [0.25, 0.3) is 0 Å². The van der Waals surface area contributed by atoms with Gasteiger partial charge in [0.15, 0.2) is 0 Å². The SMILES string of the molecule is CN(C(=O)OCc1ccccc1)C(=NCCC[C@@H](CC(=O)N(C)C1CN=C(NC(N)=O)NC1=O)NC(=O)OCc1ccccc1)NC(=O)OCc1ccccc1. The second-order valence-electron chi connectivity index (χ2n) is 12.4. The highest BCUT2D eigenvalue weighted by Gasteiger charge is 2.32. The summed E-state index contributed by atoms with van der Waals surface area (Å²) < 4.78 is 16.1. The summed E-state index contributed by atoms with van der Waals surface area (Å²) >= 11 is 0. The zero-order valence-electron chi connectivity index (χ0n) is 31.0. The summed E-state index contributed by atoms with van der Waals surface area (Å²) in [6.45, 7) is -0.172. The number of hydrogen-bond donors (Lipinski definition) is 5. The molecular weight excluding hydrogens is 726 g/mol. The number of aliphatic imine (C=N–C) groups is 2. The second kappa shape index (κ2) is 21.7. The predicted octanol–water partition coefficient (Wildman–Crippen LogP) is 2.98. The Morgan fingerprint density at radius 1 is 0.839 bits per heavy atom. The molecule has 0 bridgehead atoms. The molecule has 0 fully saturated rings. The van der Waals surface area contributed by atoms with Gasteiger partial charge in [-0.3, -0.25) is 35.4 Å². The highest BCUT2D eigenvalue weighted by Crippen LogP contribution is 2.12. The minimum Gasteiger partial charge on any atom is -0.445 e. The van der Waals surface area contributed by atoms with E-state index in [0.29, 0.717) is 0 Å². The molecule has 0 aliphatic carbocycles. The van der Waals surface area contributed by atoms with Crippen molar-refractivity contribution in [2.24, 2.45) is 15.7 Å². The summed E-state index contributed by atoms with van der Waals surface area (Å²) in [4.78, 5) is 86.8. The number of likely N-dealkylation sites (N-methyl/N-ethyl adjacent to an activating group) is 1. The largest absolute Gasteiger partial charge is 0.445 e. The lowest BCUT2D eigenvalue weighted by Gasteiger charge is -2.30. The van der Waals surface area contributed by atoms with Crippen LogP contribution in [0.1, 0.15) is 36.0 Å². The van der Waals surface area contributed by atoms with Crippen LogP contribution in [0, 0.1) is 0 Å². The van der Waals surface area contributed by atoms with Crippen LogP contribution in [0.15, 0.2) is 101 Å². The molecule has 1 aliphatic heterocycles. The van der Waals surface area contributed by atoms with Gasteiger partial charge in [-0.2, -0.15) is 0 Å². The fourth-order valence-electron chi connectivity index (χ4n) is 5.18. The van der Waals surface area contributed by atoms with Gasteiger partial charge in [-0.25, -0.2) is 24.2 Å². The first kappa shape index (κ1) is 41.8. The van der Waals surface area contributed by atoms with Crippen LogP contribution in [-0.2, 0) is 43.6 Å². The number of hydrogen-bond acceptors (Lipinski definition) is 11. The van der Waals surface area contributed by atoms with E-state index in [1.54, 1.807) is 60.7 Å². The molecule has 0 radical (unpaired) electrons. The number of guanidine groups is 2. The second-order valence-corrected chi connectivity index (χ2v) is 12.4. The van der Waals surface area contributed by atoms with Crippen LogP contribution in [0.3, 0.4) is 0 Å². The summed E-state index contributed by atoms with van der Waals surface area (Å²) in [5.41, 5.74) is 7.36. The van der Waals surface area contributed by atoms with E-state index in [4.69, 9.17) is 19.9 Å². The van der Waals surface area contributed by atoms with Crippen molar-refractivity contribution < 1.29 is 43.0 Å². The van der Waals surface area contributed by atoms with Gasteiger partial charge >= 0.3 is 24.3 Å². The molecule has 1 heterocycles. The number of amides is 7. The molecule has 2 atom stereocenters. The van der Waals surface area contributed by atoms with Crippen molar-refractivity contribution in [3.63, 3.8) is 0 Å². The first-order valence-electron chi connectivity index (χ1n) is 17.6. The molecule has 1 unspecified atom stereocenters. The Morgan fingerprint density at radius 2 is 1.38 bits per heavy atom. The number of nitrogens with two attached hydrogens (primary N) is 1. The number of benzene rings is 3. The molecule has 0 saturated carbocycles. The smallest absolute Gasteiger partial charge is 0.416 e. The highest BCUT2D eigenvalue weighted by molar-refractivity contribution is 6.07. The van der Waals surface area contributed by atoms with Crippen LogP contribution in [0.5, 0.6) is 0 Å². The Hall–Kier alpha value is -6.98. The van der Waals surface area contributed by atoms with E-state index in [9.17, 15) is 28.8 Å². The van der Waals surface area contributed by atoms with Crippen molar-refractivity contribution in [1.29, 1.82) is 0 Å². The molecule has 0 saturated heterocycles. The molecule has 56 heavy (non-hydrogen) atoms. The first-order chi connectivity index (χ1) is 27.0. The third-order valence-corrected chi connectivity index (χ3v) is 8.22. The third-order valence-electron chi connectivity index (χ3n) is 8.22. The van der Waals surface area contributed by atoms with E-state index < -0.39 is 48.2 Å². The zero-order valence-corrected chi connectivity index (χ0v) is 31.0. The standard InChI is InChI=1S/C38H45N9O9/c1-46(30-22-41-34(43-32(30)49)44-33(39)50)31(48)21-29(42-36(51)54-23-26-13-6-3-7-14-26)19-12-20-40-35(45-37(52)55-24-27-15-8-4-9-16-27)47(2)38(53)56-25-28-17-10-5-11-18-28/h3-11,13-18,29-30H,12,19-25H2,1-2H3,(H,42,51)(H,40,45,52)(H4,39,41,43,44,49,50)/t29-,30?/m0/s1. The van der Waals surface area contributed by atoms with Gasteiger partial charge in [0, 0.05) is 33.1 Å². The topological polar surface area (TPSA) is 235 Å². The molecule has 6 N–H and O–H groups in total. The Morgan fingerprint density at radius 3 is 1.91 bits per heavy atom. The number of primary amides is 1. The predicted molar refractivity (Wildman–Crippen MR) is 204 cm³/mol. The van der Waals surface area contributed by atoms with Crippen molar-refractivity contribution in [3.8, 4) is 0 Å². The first-order valence-corrected chi connectivity index (χ1v) is 17.6. The van der Waals surface area contributed by atoms with Crippen LogP contribution in [0.2, 0.25) is 0 Å². The lowest BCUT2D eigenvalue weighted by atomic mass is 10.1. The maximum absolute atomic E-state index is 13.4. The summed E-state index contributed by atoms with van der Waals surface area (Å²) in [6.07, 6.45) is -2.21. The minimum atomic E-state index is -0.997. The summed E-state index contributed by atoms with van der Waals surface area (Å²) in [5, 5.41) is 9.80. The summed E-state index contributed by atoms with van der Waals surface area (Å²) in [7, 11) is 2.80. The average molecular weight is 772 g/mol. The number of carbonyl (C=O) groups is 6. The van der Waals surface area contributed by atoms with Gasteiger partial charge in [0.1, 0.15) is 25.9 Å². The third kappa shape index (κ3) is 14.1. The number of alkyl carbamates (subject to hydrolysis) is 2. The van der Waals surface area contributed by atoms with Crippen molar-refractivity contribution in [2.45, 2.75) is 51.2 Å². The van der Waals surface area contributed by atoms with Crippen molar-refractivity contribution in [3.05, 3.63) is 108 Å². The van der Waals surface area contributed by atoms with E-state index >= 15 is 0 Å². The van der Waals surface area contributed by atoms with Crippen molar-refractivity contribution in [1.82, 2.24) is 31.1 Å². The fraction of sp³-hybridized carbons (Fsp3) is 0.316. The van der Waals surface area contributed by atoms with Crippen LogP contribution in [-0.4, -0.2) is 97.1 Å². The van der Waals surface area contributed by atoms with Crippen molar-refractivity contribution >= 4 is 48.0 Å². The van der Waals surface area contributed by atoms with Gasteiger partial charge in [0.05, 0.1) is 6.54 Å². The Kier molecular flexibility index (Phi) is 16.2. The molecule has 3 aromatic carbocycles. The number of nitrogens with zero attached hydrogens (tertiary/aromatic N) is 4. The summed E-state index contributed by atoms with van der Waals surface area (Å²) in [6, 6.07) is 24.4. The molecule has 4 rings (SSSR count). The quantitative estimate of drug-likeness (QED) is 0.0700. The van der Waals surface area contributed by atoms with Crippen molar-refractivity contribution in [2.75, 3.05) is 27.2 Å². The van der Waals surface area contributed by atoms with Gasteiger partial charge < -0.3 is 30.2 Å².